The van der Waals surface area contributed by atoms with E-state index < -0.39 is 11.0 Å². The van der Waals surface area contributed by atoms with Gasteiger partial charge in [-0.3, -0.25) is 4.79 Å². The summed E-state index contributed by atoms with van der Waals surface area (Å²) in [7, 11) is 0. The third kappa shape index (κ3) is 4.52. The molecule has 8 heteroatoms. The number of hydrogen-bond donors (Lipinski definition) is 2. The van der Waals surface area contributed by atoms with Crippen LogP contribution in [0.15, 0.2) is 30.3 Å². The Morgan fingerprint density at radius 3 is 2.37 bits per heavy atom. The van der Waals surface area contributed by atoms with Gasteiger partial charge in [-0.25, -0.2) is 4.68 Å². The number of aromatic nitrogens is 2. The van der Waals surface area contributed by atoms with Gasteiger partial charge < -0.3 is 15.8 Å². The zero-order valence-electron chi connectivity index (χ0n) is 18.6. The standard InChI is InChI=1S/C22H32N4O2.2ClH/c1-7-28-19-13-22(23,21(19,5)6)20(27)24-16(4)17-8-10-18(11-9-17)26-15(3)12-14(2)25-26;;/h8-12,16,19H,7,13,23H2,1-6H3,(H,24,27);2*1H. The van der Waals surface area contributed by atoms with E-state index in [1.54, 1.807) is 0 Å². The van der Waals surface area contributed by atoms with Gasteiger partial charge in [-0.15, -0.1) is 24.8 Å². The lowest BCUT2D eigenvalue weighted by molar-refractivity contribution is -0.171. The van der Waals surface area contributed by atoms with Crippen LogP contribution in [0.5, 0.6) is 0 Å². The summed E-state index contributed by atoms with van der Waals surface area (Å²) in [5.41, 5.74) is 9.29. The van der Waals surface area contributed by atoms with Gasteiger partial charge in [0.2, 0.25) is 5.91 Å². The number of hydrogen-bond acceptors (Lipinski definition) is 4. The summed E-state index contributed by atoms with van der Waals surface area (Å²) in [5.74, 6) is -0.122. The van der Waals surface area contributed by atoms with E-state index in [0.717, 1.165) is 22.6 Å². The third-order valence-electron chi connectivity index (χ3n) is 6.23. The Morgan fingerprint density at radius 1 is 1.30 bits per heavy atom. The fraction of sp³-hybridized carbons (Fsp3) is 0.545. The predicted octanol–water partition coefficient (Wildman–Crippen LogP) is 4.04. The molecule has 1 aromatic carbocycles. The van der Waals surface area contributed by atoms with Gasteiger partial charge in [-0.1, -0.05) is 26.0 Å². The number of nitrogens with two attached hydrogens (primary N) is 1. The molecule has 1 aliphatic rings. The van der Waals surface area contributed by atoms with Crippen molar-refractivity contribution in [2.24, 2.45) is 11.1 Å². The fourth-order valence-corrected chi connectivity index (χ4v) is 4.02. The molecule has 1 fully saturated rings. The minimum Gasteiger partial charge on any atom is -0.378 e. The molecule has 0 bridgehead atoms. The molecule has 30 heavy (non-hydrogen) atoms. The summed E-state index contributed by atoms with van der Waals surface area (Å²) in [6.45, 7) is 12.6. The van der Waals surface area contributed by atoms with Gasteiger partial charge in [0.25, 0.3) is 0 Å². The van der Waals surface area contributed by atoms with Crippen LogP contribution in [0.3, 0.4) is 0 Å². The van der Waals surface area contributed by atoms with Gasteiger partial charge in [0.1, 0.15) is 5.54 Å². The first-order valence-electron chi connectivity index (χ1n) is 9.95. The molecule has 3 unspecified atom stereocenters. The number of nitrogens with one attached hydrogen (secondary N) is 1. The van der Waals surface area contributed by atoms with Gasteiger partial charge >= 0.3 is 0 Å². The van der Waals surface area contributed by atoms with E-state index in [0.29, 0.717) is 13.0 Å². The number of ether oxygens (including phenoxy) is 1. The second-order valence-electron chi connectivity index (χ2n) is 8.47. The van der Waals surface area contributed by atoms with E-state index in [2.05, 4.69) is 10.4 Å². The van der Waals surface area contributed by atoms with Gasteiger partial charge in [0.05, 0.1) is 23.5 Å². The normalized spacial score (nSPS) is 22.8. The molecule has 6 nitrogen and oxygen atoms in total. The summed E-state index contributed by atoms with van der Waals surface area (Å²) in [6, 6.07) is 10.0. The zero-order valence-corrected chi connectivity index (χ0v) is 20.2. The Morgan fingerprint density at radius 2 is 1.90 bits per heavy atom. The van der Waals surface area contributed by atoms with Crippen molar-refractivity contribution in [3.8, 4) is 5.69 Å². The van der Waals surface area contributed by atoms with Crippen LogP contribution in [0, 0.1) is 19.3 Å². The van der Waals surface area contributed by atoms with Crippen LogP contribution in [0.2, 0.25) is 0 Å². The van der Waals surface area contributed by atoms with Gasteiger partial charge in [0, 0.05) is 24.1 Å². The molecule has 0 aliphatic heterocycles. The van der Waals surface area contributed by atoms with Crippen LogP contribution in [0.4, 0.5) is 0 Å². The smallest absolute Gasteiger partial charge is 0.241 e. The summed E-state index contributed by atoms with van der Waals surface area (Å²) >= 11 is 0. The SMILES string of the molecule is CCOC1CC(N)(C(=O)NC(C)c2ccc(-n3nc(C)cc3C)cc2)C1(C)C.Cl.Cl. The summed E-state index contributed by atoms with van der Waals surface area (Å²) in [4.78, 5) is 12.9. The van der Waals surface area contributed by atoms with Crippen molar-refractivity contribution < 1.29 is 9.53 Å². The maximum Gasteiger partial charge on any atom is 0.241 e. The lowest BCUT2D eigenvalue weighted by Crippen LogP contribution is -2.75. The largest absolute Gasteiger partial charge is 0.378 e. The number of carbonyl (C=O) groups excluding carboxylic acids is 1. The fourth-order valence-electron chi connectivity index (χ4n) is 4.02. The summed E-state index contributed by atoms with van der Waals surface area (Å²) in [5, 5.41) is 7.60. The summed E-state index contributed by atoms with van der Waals surface area (Å²) in [6.07, 6.45) is 0.562. The molecule has 2 aromatic rings. The molecule has 1 amide bonds. The van der Waals surface area contributed by atoms with Crippen LogP contribution < -0.4 is 11.1 Å². The van der Waals surface area contributed by atoms with Crippen molar-refractivity contribution in [2.45, 2.75) is 65.6 Å². The average Bonchev–Trinajstić information content (AvgIpc) is 2.99. The first-order valence-corrected chi connectivity index (χ1v) is 9.95. The number of aryl methyl sites for hydroxylation is 2. The Labute approximate surface area is 191 Å². The quantitative estimate of drug-likeness (QED) is 0.686. The first-order chi connectivity index (χ1) is 13.1. The summed E-state index contributed by atoms with van der Waals surface area (Å²) < 4.78 is 7.65. The number of nitrogens with zero attached hydrogens (tertiary/aromatic N) is 2. The van der Waals surface area contributed by atoms with Crippen LogP contribution >= 0.6 is 24.8 Å². The highest BCUT2D eigenvalue weighted by atomic mass is 35.5. The molecule has 3 atom stereocenters. The minimum absolute atomic E-state index is 0. The lowest BCUT2D eigenvalue weighted by Gasteiger charge is -2.57. The maximum atomic E-state index is 12.9. The van der Waals surface area contributed by atoms with Crippen molar-refractivity contribution in [1.29, 1.82) is 0 Å². The molecule has 1 heterocycles. The molecule has 0 radical (unpaired) electrons. The first kappa shape index (κ1) is 26.4. The van der Waals surface area contributed by atoms with E-state index in [9.17, 15) is 4.79 Å². The second kappa shape index (κ2) is 9.69. The van der Waals surface area contributed by atoms with E-state index in [-0.39, 0.29) is 42.9 Å². The molecule has 0 saturated heterocycles. The lowest BCUT2D eigenvalue weighted by atomic mass is 9.54. The topological polar surface area (TPSA) is 82.2 Å². The molecule has 1 saturated carbocycles. The van der Waals surface area contributed by atoms with Crippen molar-refractivity contribution in [3.05, 3.63) is 47.3 Å². The molecular weight excluding hydrogens is 423 g/mol. The Bertz CT molecular complexity index is 867. The number of benzene rings is 1. The van der Waals surface area contributed by atoms with E-state index >= 15 is 0 Å². The van der Waals surface area contributed by atoms with Crippen molar-refractivity contribution in [2.75, 3.05) is 6.61 Å². The molecule has 3 rings (SSSR count). The Kier molecular flexibility index (Phi) is 8.54. The molecular formula is C22H34Cl2N4O2. The van der Waals surface area contributed by atoms with Gasteiger partial charge in [-0.2, -0.15) is 5.10 Å². The average molecular weight is 457 g/mol. The molecule has 168 valence electrons. The van der Waals surface area contributed by atoms with E-state index in [1.165, 1.54) is 0 Å². The second-order valence-corrected chi connectivity index (χ2v) is 8.47. The number of halogens is 2. The highest BCUT2D eigenvalue weighted by Gasteiger charge is 2.62. The minimum atomic E-state index is -0.912. The number of rotatable bonds is 6. The third-order valence-corrected chi connectivity index (χ3v) is 6.23. The molecule has 1 aromatic heterocycles. The number of carbonyl (C=O) groups is 1. The van der Waals surface area contributed by atoms with Crippen molar-refractivity contribution in [3.63, 3.8) is 0 Å². The van der Waals surface area contributed by atoms with Gasteiger partial charge in [0.15, 0.2) is 0 Å². The molecule has 1 aliphatic carbocycles. The zero-order chi connectivity index (χ0) is 20.7. The number of amides is 1. The van der Waals surface area contributed by atoms with Crippen LogP contribution in [-0.4, -0.2) is 33.9 Å². The highest BCUT2D eigenvalue weighted by Crippen LogP contribution is 2.50. The Hall–Kier alpha value is -1.60. The predicted molar refractivity (Wildman–Crippen MR) is 125 cm³/mol. The Balaban J connectivity index is 0.00000225. The van der Waals surface area contributed by atoms with Crippen molar-refractivity contribution in [1.82, 2.24) is 15.1 Å². The van der Waals surface area contributed by atoms with Gasteiger partial charge in [-0.05, 0) is 51.5 Å². The van der Waals surface area contributed by atoms with Crippen LogP contribution in [0.25, 0.3) is 5.69 Å². The molecule has 0 spiro atoms. The monoisotopic (exact) mass is 456 g/mol. The maximum absolute atomic E-state index is 12.9. The van der Waals surface area contributed by atoms with E-state index in [4.69, 9.17) is 10.5 Å². The highest BCUT2D eigenvalue weighted by molar-refractivity contribution is 5.89. The molecule has 3 N–H and O–H groups in total. The van der Waals surface area contributed by atoms with Crippen LogP contribution in [0.1, 0.15) is 57.1 Å². The van der Waals surface area contributed by atoms with Crippen LogP contribution in [-0.2, 0) is 9.53 Å². The van der Waals surface area contributed by atoms with Crippen molar-refractivity contribution >= 4 is 30.7 Å². The van der Waals surface area contributed by atoms with E-state index in [1.807, 2.05) is 76.6 Å².